The number of rotatable bonds is 9. The van der Waals surface area contributed by atoms with Gasteiger partial charge in [-0.05, 0) is 5.56 Å². The maximum Gasteiger partial charge on any atom is 0.352 e. The van der Waals surface area contributed by atoms with Crippen LogP contribution in [0.2, 0.25) is 0 Å². The molecular weight excluding hydrogens is 444 g/mol. The van der Waals surface area contributed by atoms with Crippen molar-refractivity contribution in [2.24, 2.45) is 0 Å². The number of thioether (sulfide) groups is 1. The fraction of sp³-hybridized carbons (Fsp3) is 0.350. The number of ether oxygens (including phenoxy) is 1. The van der Waals surface area contributed by atoms with Gasteiger partial charge in [0.2, 0.25) is 0 Å². The van der Waals surface area contributed by atoms with Gasteiger partial charge in [-0.15, -0.1) is 11.8 Å². The van der Waals surface area contributed by atoms with Gasteiger partial charge in [-0.1, -0.05) is 30.3 Å². The molecule has 11 nitrogen and oxygen atoms in total. The summed E-state index contributed by atoms with van der Waals surface area (Å²) >= 11 is 1.18. The number of carboxylic acid groups (broad SMARTS) is 2. The van der Waals surface area contributed by atoms with Crippen LogP contribution in [-0.4, -0.2) is 73.7 Å². The first kappa shape index (κ1) is 23.3. The summed E-state index contributed by atoms with van der Waals surface area (Å²) in [5.41, 5.74) is 0.201. The molecule has 0 saturated carbocycles. The number of amides is 2. The van der Waals surface area contributed by atoms with Crippen molar-refractivity contribution in [2.75, 3.05) is 12.4 Å². The second-order valence-electron chi connectivity index (χ2n) is 7.02. The lowest BCUT2D eigenvalue weighted by molar-refractivity contribution is -0.152. The molecule has 1 aromatic carbocycles. The number of carbonyl (C=O) groups is 5. The third kappa shape index (κ3) is 4.92. The van der Waals surface area contributed by atoms with Crippen LogP contribution in [0.1, 0.15) is 24.5 Å². The molecular formula is C20H20N2O9S. The van der Waals surface area contributed by atoms with Gasteiger partial charge in [-0.2, -0.15) is 0 Å². The normalized spacial score (nSPS) is 20.7. The van der Waals surface area contributed by atoms with E-state index in [9.17, 15) is 34.2 Å². The third-order valence-electron chi connectivity index (χ3n) is 4.86. The molecule has 32 heavy (non-hydrogen) atoms. The number of carbonyl (C=O) groups excluding carboxylic acids is 3. The Bertz CT molecular complexity index is 979. The first-order chi connectivity index (χ1) is 15.2. The summed E-state index contributed by atoms with van der Waals surface area (Å²) in [5, 5.41) is 30.1. The molecule has 2 aliphatic rings. The van der Waals surface area contributed by atoms with E-state index in [2.05, 4.69) is 5.32 Å². The van der Waals surface area contributed by atoms with Gasteiger partial charge >= 0.3 is 17.9 Å². The number of fused-ring (bicyclic) bond motifs is 1. The average molecular weight is 464 g/mol. The first-order valence-corrected chi connectivity index (χ1v) is 10.6. The highest BCUT2D eigenvalue weighted by molar-refractivity contribution is 8.00. The zero-order valence-corrected chi connectivity index (χ0v) is 17.4. The van der Waals surface area contributed by atoms with E-state index in [1.165, 1.54) is 11.8 Å². The molecule has 3 atom stereocenters. The summed E-state index contributed by atoms with van der Waals surface area (Å²) in [7, 11) is 0. The summed E-state index contributed by atoms with van der Waals surface area (Å²) in [5.74, 6) is -4.69. The maximum absolute atomic E-state index is 12.6. The van der Waals surface area contributed by atoms with E-state index >= 15 is 0 Å². The molecule has 170 valence electrons. The van der Waals surface area contributed by atoms with E-state index in [0.29, 0.717) is 5.56 Å². The summed E-state index contributed by atoms with van der Waals surface area (Å²) in [4.78, 5) is 59.9. The number of benzene rings is 1. The number of hydrogen-bond acceptors (Lipinski definition) is 8. The molecule has 4 N–H and O–H groups in total. The van der Waals surface area contributed by atoms with Crippen LogP contribution >= 0.6 is 11.8 Å². The van der Waals surface area contributed by atoms with E-state index in [1.54, 1.807) is 30.3 Å². The first-order valence-electron chi connectivity index (χ1n) is 9.51. The molecule has 3 rings (SSSR count). The number of carboxylic acids is 2. The van der Waals surface area contributed by atoms with Gasteiger partial charge in [0.15, 0.2) is 6.10 Å². The smallest absolute Gasteiger partial charge is 0.352 e. The van der Waals surface area contributed by atoms with Crippen molar-refractivity contribution in [1.29, 1.82) is 0 Å². The third-order valence-corrected chi connectivity index (χ3v) is 6.20. The van der Waals surface area contributed by atoms with Gasteiger partial charge < -0.3 is 25.4 Å². The van der Waals surface area contributed by atoms with Gasteiger partial charge in [0, 0.05) is 11.3 Å². The molecule has 1 unspecified atom stereocenters. The largest absolute Gasteiger partial charge is 0.481 e. The average Bonchev–Trinajstić information content (AvgIpc) is 2.78. The van der Waals surface area contributed by atoms with Crippen LogP contribution in [-0.2, 0) is 28.7 Å². The topological polar surface area (TPSA) is 171 Å². The highest BCUT2D eigenvalue weighted by atomic mass is 32.2. The molecule has 2 heterocycles. The van der Waals surface area contributed by atoms with E-state index in [-0.39, 0.29) is 23.4 Å². The van der Waals surface area contributed by atoms with Crippen LogP contribution in [0.15, 0.2) is 41.6 Å². The number of aliphatic hydroxyl groups is 1. The predicted octanol–water partition coefficient (Wildman–Crippen LogP) is -0.133. The maximum atomic E-state index is 12.6. The van der Waals surface area contributed by atoms with Crippen molar-refractivity contribution in [1.82, 2.24) is 10.2 Å². The van der Waals surface area contributed by atoms with Crippen molar-refractivity contribution in [3.8, 4) is 0 Å². The second kappa shape index (κ2) is 9.83. The molecule has 0 bridgehead atoms. The highest BCUT2D eigenvalue weighted by Gasteiger charge is 2.54. The molecule has 0 radical (unpaired) electrons. The minimum Gasteiger partial charge on any atom is -0.481 e. The Kier molecular flexibility index (Phi) is 7.15. The number of esters is 1. The van der Waals surface area contributed by atoms with E-state index in [4.69, 9.17) is 9.84 Å². The van der Waals surface area contributed by atoms with Crippen molar-refractivity contribution in [3.63, 3.8) is 0 Å². The Labute approximate surface area is 186 Å². The van der Waals surface area contributed by atoms with E-state index < -0.39 is 60.3 Å². The molecule has 2 amide bonds. The number of nitrogens with zero attached hydrogens (tertiary/aromatic N) is 1. The SMILES string of the molecule is O=C(O)CCC(=O)OCC1=C(C(=O)O)N2C(=O)[C@@H](NC(=O)C(O)c3ccccc3)[C@@H]2SC1. The van der Waals surface area contributed by atoms with Crippen LogP contribution in [0, 0.1) is 0 Å². The zero-order chi connectivity index (χ0) is 23.4. The highest BCUT2D eigenvalue weighted by Crippen LogP contribution is 2.40. The van der Waals surface area contributed by atoms with Crippen LogP contribution < -0.4 is 5.32 Å². The molecule has 0 spiro atoms. The summed E-state index contributed by atoms with van der Waals surface area (Å²) in [6, 6.07) is 7.13. The fourth-order valence-corrected chi connectivity index (χ4v) is 4.59. The van der Waals surface area contributed by atoms with Crippen LogP contribution in [0.25, 0.3) is 0 Å². The Hall–Kier alpha value is -3.38. The van der Waals surface area contributed by atoms with Crippen LogP contribution in [0.5, 0.6) is 0 Å². The Balaban J connectivity index is 1.65. The van der Waals surface area contributed by atoms with Crippen molar-refractivity contribution < 1.29 is 44.0 Å². The Morgan fingerprint density at radius 2 is 1.84 bits per heavy atom. The molecule has 12 heteroatoms. The van der Waals surface area contributed by atoms with Crippen LogP contribution in [0.4, 0.5) is 0 Å². The molecule has 0 aromatic heterocycles. The van der Waals surface area contributed by atoms with Gasteiger partial charge in [0.25, 0.3) is 11.8 Å². The second-order valence-corrected chi connectivity index (χ2v) is 8.13. The van der Waals surface area contributed by atoms with Gasteiger partial charge in [0.1, 0.15) is 23.7 Å². The molecule has 0 aliphatic carbocycles. The van der Waals surface area contributed by atoms with E-state index in [1.807, 2.05) is 0 Å². The van der Waals surface area contributed by atoms with Crippen molar-refractivity contribution >= 4 is 41.5 Å². The monoisotopic (exact) mass is 464 g/mol. The van der Waals surface area contributed by atoms with Gasteiger partial charge in [-0.3, -0.25) is 24.1 Å². The number of nitrogens with one attached hydrogen (secondary N) is 1. The molecule has 1 aromatic rings. The van der Waals surface area contributed by atoms with Crippen molar-refractivity contribution in [2.45, 2.75) is 30.4 Å². The summed E-state index contributed by atoms with van der Waals surface area (Å²) in [6.45, 7) is -0.396. The van der Waals surface area contributed by atoms with Gasteiger partial charge in [0.05, 0.1) is 12.8 Å². The Morgan fingerprint density at radius 1 is 1.16 bits per heavy atom. The van der Waals surface area contributed by atoms with E-state index in [0.717, 1.165) is 4.90 Å². The van der Waals surface area contributed by atoms with Crippen LogP contribution in [0.3, 0.4) is 0 Å². The minimum absolute atomic E-state index is 0.121. The molecule has 1 saturated heterocycles. The van der Waals surface area contributed by atoms with Crippen molar-refractivity contribution in [3.05, 3.63) is 47.2 Å². The summed E-state index contributed by atoms with van der Waals surface area (Å²) in [6.07, 6.45) is -2.26. The summed E-state index contributed by atoms with van der Waals surface area (Å²) < 4.78 is 4.95. The lowest BCUT2D eigenvalue weighted by Crippen LogP contribution is -2.71. The fourth-order valence-electron chi connectivity index (χ4n) is 3.26. The number of aliphatic hydroxyl groups excluding tert-OH is 1. The number of hydrogen-bond donors (Lipinski definition) is 4. The number of aliphatic carboxylic acids is 2. The standard InChI is InChI=1S/C20H20N2O9S/c23-12(24)6-7-13(25)31-8-11-9-32-19-14(18(28)22(19)15(11)20(29)30)21-17(27)16(26)10-4-2-1-3-5-10/h1-5,14,16,19,26H,6-9H2,(H,21,27)(H,23,24)(H,29,30)/t14-,16?,19+/m1/s1. The lowest BCUT2D eigenvalue weighted by Gasteiger charge is -2.49. The van der Waals surface area contributed by atoms with Gasteiger partial charge in [-0.25, -0.2) is 4.79 Å². The predicted molar refractivity (Wildman–Crippen MR) is 109 cm³/mol. The quantitative estimate of drug-likeness (QED) is 0.285. The lowest BCUT2D eigenvalue weighted by atomic mass is 10.0. The molecule has 1 fully saturated rings. The minimum atomic E-state index is -1.48. The Morgan fingerprint density at radius 3 is 2.47 bits per heavy atom. The zero-order valence-electron chi connectivity index (χ0n) is 16.6. The number of β-lactam (4-membered cyclic amide) rings is 1. The molecule has 2 aliphatic heterocycles.